The summed E-state index contributed by atoms with van der Waals surface area (Å²) in [6.45, 7) is 3.48. The molecule has 0 spiro atoms. The third-order valence-electron chi connectivity index (χ3n) is 2.53. The lowest BCUT2D eigenvalue weighted by Gasteiger charge is -2.26. The molecule has 1 aliphatic rings. The van der Waals surface area contributed by atoms with E-state index in [1.54, 1.807) is 13.8 Å². The Hall–Kier alpha value is -0.570. The molecule has 1 fully saturated rings. The average Bonchev–Trinajstić information content (AvgIpc) is 2.04. The van der Waals surface area contributed by atoms with Crippen molar-refractivity contribution in [1.82, 2.24) is 5.32 Å². The molecule has 3 N–H and O–H groups in total. The topological polar surface area (TPSA) is 55.1 Å². The summed E-state index contributed by atoms with van der Waals surface area (Å²) in [5, 5.41) is 2.99. The molecule has 0 aliphatic heterocycles. The molecule has 0 aromatic carbocycles. The van der Waals surface area contributed by atoms with E-state index < -0.39 is 5.54 Å². The Bertz CT molecular complexity index is 186. The van der Waals surface area contributed by atoms with Crippen LogP contribution in [0.2, 0.25) is 0 Å². The Kier molecular flexibility index (Phi) is 3.31. The van der Waals surface area contributed by atoms with Gasteiger partial charge in [-0.3, -0.25) is 4.79 Å². The Morgan fingerprint density at radius 1 is 1.38 bits per heavy atom. The number of hydrogen-bond acceptors (Lipinski definition) is 2. The van der Waals surface area contributed by atoms with Crippen molar-refractivity contribution in [3.8, 4) is 0 Å². The maximum absolute atomic E-state index is 11.5. The van der Waals surface area contributed by atoms with E-state index in [4.69, 9.17) is 5.73 Å². The molecule has 1 rings (SSSR count). The van der Waals surface area contributed by atoms with Gasteiger partial charge in [0.2, 0.25) is 5.91 Å². The SMILES string of the molecule is CC(C)(N)C(=O)NC1CCCCC1.[HH].[HH]. The minimum Gasteiger partial charge on any atom is -0.352 e. The van der Waals surface area contributed by atoms with Crippen molar-refractivity contribution in [2.24, 2.45) is 5.73 Å². The zero-order valence-electron chi connectivity index (χ0n) is 8.60. The first-order chi connectivity index (χ1) is 6.00. The number of nitrogens with two attached hydrogens (primary N) is 1. The molecule has 0 heterocycles. The largest absolute Gasteiger partial charge is 0.352 e. The van der Waals surface area contributed by atoms with Gasteiger partial charge >= 0.3 is 0 Å². The molecular weight excluding hydrogens is 164 g/mol. The van der Waals surface area contributed by atoms with Crippen molar-refractivity contribution < 1.29 is 7.65 Å². The molecule has 0 aromatic rings. The zero-order chi connectivity index (χ0) is 9.90. The summed E-state index contributed by atoms with van der Waals surface area (Å²) in [5.41, 5.74) is 4.95. The molecule has 3 heteroatoms. The maximum Gasteiger partial charge on any atom is 0.239 e. The first-order valence-electron chi connectivity index (χ1n) is 5.10. The van der Waals surface area contributed by atoms with Crippen LogP contribution in [0.4, 0.5) is 0 Å². The molecule has 13 heavy (non-hydrogen) atoms. The molecule has 0 atom stereocenters. The number of carbonyl (C=O) groups is 1. The van der Waals surface area contributed by atoms with E-state index in [0.29, 0.717) is 6.04 Å². The lowest BCUT2D eigenvalue weighted by molar-refractivity contribution is -0.126. The molecule has 1 amide bonds. The van der Waals surface area contributed by atoms with Crippen molar-refractivity contribution in [3.05, 3.63) is 0 Å². The summed E-state index contributed by atoms with van der Waals surface area (Å²) < 4.78 is 0. The monoisotopic (exact) mass is 188 g/mol. The quantitative estimate of drug-likeness (QED) is 0.692. The Labute approximate surface area is 83.0 Å². The Balaban J connectivity index is 0. The zero-order valence-corrected chi connectivity index (χ0v) is 8.60. The summed E-state index contributed by atoms with van der Waals surface area (Å²) in [7, 11) is 0. The minimum absolute atomic E-state index is 0. The highest BCUT2D eigenvalue weighted by atomic mass is 16.2. The highest BCUT2D eigenvalue weighted by molar-refractivity contribution is 5.85. The molecule has 1 saturated carbocycles. The van der Waals surface area contributed by atoms with Gasteiger partial charge in [0.15, 0.2) is 0 Å². The van der Waals surface area contributed by atoms with Crippen molar-refractivity contribution in [3.63, 3.8) is 0 Å². The van der Waals surface area contributed by atoms with Crippen LogP contribution < -0.4 is 11.1 Å². The average molecular weight is 188 g/mol. The third kappa shape index (κ3) is 3.35. The van der Waals surface area contributed by atoms with Gasteiger partial charge in [0, 0.05) is 8.90 Å². The van der Waals surface area contributed by atoms with Crippen molar-refractivity contribution in [2.75, 3.05) is 0 Å². The number of amides is 1. The molecule has 0 aromatic heterocycles. The van der Waals surface area contributed by atoms with Crippen LogP contribution in [-0.4, -0.2) is 17.5 Å². The fourth-order valence-corrected chi connectivity index (χ4v) is 1.62. The molecule has 1 aliphatic carbocycles. The molecular formula is C10H24N2O. The van der Waals surface area contributed by atoms with Crippen LogP contribution in [0.3, 0.4) is 0 Å². The fourth-order valence-electron chi connectivity index (χ4n) is 1.62. The van der Waals surface area contributed by atoms with Crippen molar-refractivity contribution in [1.29, 1.82) is 0 Å². The number of carbonyl (C=O) groups excluding carboxylic acids is 1. The van der Waals surface area contributed by atoms with E-state index in [-0.39, 0.29) is 8.76 Å². The second-order valence-corrected chi connectivity index (χ2v) is 4.53. The van der Waals surface area contributed by atoms with E-state index in [1.165, 1.54) is 19.3 Å². The minimum atomic E-state index is -0.739. The van der Waals surface area contributed by atoms with E-state index in [1.807, 2.05) is 0 Å². The standard InChI is InChI=1S/C10H20N2O.2H2/c1-10(2,11)9(13)12-8-6-4-3-5-7-8;;/h8H,3-7,11H2,1-2H3,(H,12,13);2*1H. The Morgan fingerprint density at radius 2 is 1.92 bits per heavy atom. The normalized spacial score (nSPS) is 19.9. The summed E-state index contributed by atoms with van der Waals surface area (Å²) in [6, 6.07) is 0.365. The van der Waals surface area contributed by atoms with Crippen molar-refractivity contribution in [2.45, 2.75) is 57.5 Å². The highest BCUT2D eigenvalue weighted by Gasteiger charge is 2.25. The van der Waals surface area contributed by atoms with Crippen LogP contribution in [0.5, 0.6) is 0 Å². The van der Waals surface area contributed by atoms with Crippen LogP contribution in [-0.2, 0) is 4.79 Å². The highest BCUT2D eigenvalue weighted by Crippen LogP contribution is 2.17. The molecule has 80 valence electrons. The summed E-state index contributed by atoms with van der Waals surface area (Å²) in [4.78, 5) is 11.5. The number of nitrogens with one attached hydrogen (secondary N) is 1. The van der Waals surface area contributed by atoms with Gasteiger partial charge in [0.25, 0.3) is 0 Å². The molecule has 0 radical (unpaired) electrons. The van der Waals surface area contributed by atoms with Crippen molar-refractivity contribution >= 4 is 5.91 Å². The van der Waals surface area contributed by atoms with Crippen LogP contribution in [0, 0.1) is 0 Å². The van der Waals surface area contributed by atoms with Gasteiger partial charge in [0.05, 0.1) is 5.54 Å². The molecule has 0 bridgehead atoms. The van der Waals surface area contributed by atoms with E-state index in [9.17, 15) is 4.79 Å². The van der Waals surface area contributed by atoms with Gasteiger partial charge in [-0.25, -0.2) is 0 Å². The third-order valence-corrected chi connectivity index (χ3v) is 2.53. The van der Waals surface area contributed by atoms with Gasteiger partial charge in [-0.1, -0.05) is 19.3 Å². The van der Waals surface area contributed by atoms with Gasteiger partial charge in [-0.05, 0) is 26.7 Å². The van der Waals surface area contributed by atoms with E-state index in [0.717, 1.165) is 12.8 Å². The van der Waals surface area contributed by atoms with Gasteiger partial charge < -0.3 is 11.1 Å². The number of hydrogen-bond donors (Lipinski definition) is 2. The van der Waals surface area contributed by atoms with E-state index in [2.05, 4.69) is 5.32 Å². The predicted octanol–water partition coefficient (Wildman–Crippen LogP) is 1.66. The summed E-state index contributed by atoms with van der Waals surface area (Å²) in [6.07, 6.45) is 5.99. The van der Waals surface area contributed by atoms with Gasteiger partial charge in [-0.2, -0.15) is 0 Å². The van der Waals surface area contributed by atoms with Gasteiger partial charge in [-0.15, -0.1) is 0 Å². The number of rotatable bonds is 2. The first-order valence-corrected chi connectivity index (χ1v) is 5.10. The van der Waals surface area contributed by atoms with Crippen LogP contribution in [0.15, 0.2) is 0 Å². The van der Waals surface area contributed by atoms with E-state index >= 15 is 0 Å². The first kappa shape index (κ1) is 10.5. The predicted molar refractivity (Wildman–Crippen MR) is 57.5 cm³/mol. The molecule has 3 nitrogen and oxygen atoms in total. The van der Waals surface area contributed by atoms with Crippen LogP contribution in [0.1, 0.15) is 48.8 Å². The second-order valence-electron chi connectivity index (χ2n) is 4.53. The van der Waals surface area contributed by atoms with Gasteiger partial charge in [0.1, 0.15) is 0 Å². The fraction of sp³-hybridized carbons (Fsp3) is 0.900. The van der Waals surface area contributed by atoms with Crippen LogP contribution in [0.25, 0.3) is 0 Å². The van der Waals surface area contributed by atoms with Crippen LogP contribution >= 0.6 is 0 Å². The maximum atomic E-state index is 11.5. The Morgan fingerprint density at radius 3 is 2.38 bits per heavy atom. The lowest BCUT2D eigenvalue weighted by atomic mass is 9.94. The molecule has 0 saturated heterocycles. The lowest BCUT2D eigenvalue weighted by Crippen LogP contribution is -2.52. The second kappa shape index (κ2) is 4.09. The summed E-state index contributed by atoms with van der Waals surface area (Å²) >= 11 is 0. The molecule has 0 unspecified atom stereocenters. The smallest absolute Gasteiger partial charge is 0.239 e. The summed E-state index contributed by atoms with van der Waals surface area (Å²) in [5.74, 6) is -0.0283.